The molecule has 1 aromatic rings. The minimum Gasteiger partial charge on any atom is -0.340 e. The number of nitrogens with zero attached hydrogens (tertiary/aromatic N) is 5. The molecule has 1 amide bonds. The first-order valence-corrected chi connectivity index (χ1v) is 10.5. The molecule has 1 aromatic heterocycles. The molecule has 0 aliphatic carbocycles. The molecule has 0 aromatic carbocycles. The summed E-state index contributed by atoms with van der Waals surface area (Å²) in [6.07, 6.45) is 4.93. The molecule has 2 aliphatic heterocycles. The van der Waals surface area contributed by atoms with E-state index in [4.69, 9.17) is 0 Å². The van der Waals surface area contributed by atoms with Crippen molar-refractivity contribution in [2.45, 2.75) is 18.9 Å². The number of amides is 1. The SMILES string of the molecule is CN(CC(=O)N1CCCN(c2ncccn2)CC1)[C@@H]1CCS(=O)(=O)C1. The van der Waals surface area contributed by atoms with E-state index < -0.39 is 9.84 Å². The fourth-order valence-electron chi connectivity index (χ4n) is 3.39. The third-order valence-electron chi connectivity index (χ3n) is 4.90. The van der Waals surface area contributed by atoms with Crippen molar-refractivity contribution in [3.63, 3.8) is 0 Å². The summed E-state index contributed by atoms with van der Waals surface area (Å²) in [6, 6.07) is 1.74. The molecular formula is C16H25N5O3S. The molecule has 0 spiro atoms. The lowest BCUT2D eigenvalue weighted by molar-refractivity contribution is -0.132. The molecule has 3 rings (SSSR count). The van der Waals surface area contributed by atoms with Crippen molar-refractivity contribution in [1.82, 2.24) is 19.8 Å². The Hall–Kier alpha value is -1.74. The van der Waals surface area contributed by atoms with E-state index in [9.17, 15) is 13.2 Å². The van der Waals surface area contributed by atoms with Gasteiger partial charge >= 0.3 is 0 Å². The average molecular weight is 367 g/mol. The Morgan fingerprint density at radius 2 is 2.00 bits per heavy atom. The van der Waals surface area contributed by atoms with Crippen molar-refractivity contribution in [2.75, 3.05) is 56.2 Å². The van der Waals surface area contributed by atoms with Crippen molar-refractivity contribution in [1.29, 1.82) is 0 Å². The number of aromatic nitrogens is 2. The summed E-state index contributed by atoms with van der Waals surface area (Å²) in [5, 5.41) is 0. The lowest BCUT2D eigenvalue weighted by atomic mass is 10.2. The summed E-state index contributed by atoms with van der Waals surface area (Å²) in [5.74, 6) is 1.15. The minimum atomic E-state index is -2.93. The largest absolute Gasteiger partial charge is 0.340 e. The predicted molar refractivity (Wildman–Crippen MR) is 95.1 cm³/mol. The van der Waals surface area contributed by atoms with Gasteiger partial charge in [0.1, 0.15) is 0 Å². The fraction of sp³-hybridized carbons (Fsp3) is 0.688. The van der Waals surface area contributed by atoms with Crippen molar-refractivity contribution >= 4 is 21.7 Å². The van der Waals surface area contributed by atoms with Gasteiger partial charge in [-0.05, 0) is 26.0 Å². The molecule has 0 N–H and O–H groups in total. The quantitative estimate of drug-likeness (QED) is 0.718. The van der Waals surface area contributed by atoms with Gasteiger partial charge in [0, 0.05) is 44.6 Å². The monoisotopic (exact) mass is 367 g/mol. The molecular weight excluding hydrogens is 342 g/mol. The van der Waals surface area contributed by atoms with Crippen molar-refractivity contribution in [3.8, 4) is 0 Å². The van der Waals surface area contributed by atoms with Gasteiger partial charge in [-0.3, -0.25) is 9.69 Å². The third-order valence-corrected chi connectivity index (χ3v) is 6.65. The van der Waals surface area contributed by atoms with E-state index >= 15 is 0 Å². The highest BCUT2D eigenvalue weighted by molar-refractivity contribution is 7.91. The van der Waals surface area contributed by atoms with E-state index in [1.54, 1.807) is 18.5 Å². The maximum atomic E-state index is 12.6. The number of rotatable bonds is 4. The van der Waals surface area contributed by atoms with Crippen LogP contribution in [0, 0.1) is 0 Å². The molecule has 0 bridgehead atoms. The fourth-order valence-corrected chi connectivity index (χ4v) is 5.19. The van der Waals surface area contributed by atoms with Crippen LogP contribution in [-0.4, -0.2) is 91.4 Å². The van der Waals surface area contributed by atoms with Crippen LogP contribution in [0.4, 0.5) is 5.95 Å². The summed E-state index contributed by atoms with van der Waals surface area (Å²) in [4.78, 5) is 27.0. The first kappa shape index (κ1) is 18.1. The summed E-state index contributed by atoms with van der Waals surface area (Å²) in [7, 11) is -1.09. The van der Waals surface area contributed by atoms with Crippen molar-refractivity contribution in [2.24, 2.45) is 0 Å². The number of sulfone groups is 1. The maximum absolute atomic E-state index is 12.6. The summed E-state index contributed by atoms with van der Waals surface area (Å²) in [5.41, 5.74) is 0. The van der Waals surface area contributed by atoms with Gasteiger partial charge in [0.05, 0.1) is 18.1 Å². The lowest BCUT2D eigenvalue weighted by Gasteiger charge is -2.27. The van der Waals surface area contributed by atoms with Crippen LogP contribution in [0.5, 0.6) is 0 Å². The standard InChI is InChI=1S/C16H25N5O3S/c1-19(14-4-11-25(23,24)13-14)12-15(22)20-7-3-8-21(10-9-20)16-17-5-2-6-18-16/h2,5-6,14H,3-4,7-13H2,1H3/t14-/m1/s1. The first-order valence-electron chi connectivity index (χ1n) is 8.65. The Balaban J connectivity index is 1.53. The lowest BCUT2D eigenvalue weighted by Crippen LogP contribution is -2.44. The Bertz CT molecular complexity index is 697. The Kier molecular flexibility index (Phi) is 5.53. The number of likely N-dealkylation sites (N-methyl/N-ethyl adjacent to an activating group) is 1. The normalized spacial score (nSPS) is 23.7. The van der Waals surface area contributed by atoms with Gasteiger partial charge in [0.2, 0.25) is 11.9 Å². The van der Waals surface area contributed by atoms with Crippen molar-refractivity contribution < 1.29 is 13.2 Å². The highest BCUT2D eigenvalue weighted by atomic mass is 32.2. The highest BCUT2D eigenvalue weighted by Gasteiger charge is 2.32. The second-order valence-corrected chi connectivity index (χ2v) is 8.97. The molecule has 25 heavy (non-hydrogen) atoms. The Morgan fingerprint density at radius 1 is 1.24 bits per heavy atom. The van der Waals surface area contributed by atoms with E-state index in [1.165, 1.54) is 0 Å². The Morgan fingerprint density at radius 3 is 2.68 bits per heavy atom. The van der Waals surface area contributed by atoms with Gasteiger partial charge in [-0.25, -0.2) is 18.4 Å². The highest BCUT2D eigenvalue weighted by Crippen LogP contribution is 2.17. The summed E-state index contributed by atoms with van der Waals surface area (Å²) < 4.78 is 23.2. The molecule has 3 heterocycles. The summed E-state index contributed by atoms with van der Waals surface area (Å²) >= 11 is 0. The van der Waals surface area contributed by atoms with Gasteiger partial charge in [-0.1, -0.05) is 0 Å². The number of anilines is 1. The molecule has 0 radical (unpaired) electrons. The first-order chi connectivity index (χ1) is 11.9. The number of carbonyl (C=O) groups is 1. The Labute approximate surface area is 148 Å². The van der Waals surface area contributed by atoms with Crippen LogP contribution in [0.15, 0.2) is 18.5 Å². The molecule has 8 nitrogen and oxygen atoms in total. The van der Waals surface area contributed by atoms with Crippen LogP contribution in [0.2, 0.25) is 0 Å². The second-order valence-electron chi connectivity index (χ2n) is 6.74. The number of carbonyl (C=O) groups excluding carboxylic acids is 1. The van der Waals surface area contributed by atoms with Gasteiger partial charge in [-0.15, -0.1) is 0 Å². The molecule has 2 fully saturated rings. The van der Waals surface area contributed by atoms with E-state index in [0.29, 0.717) is 32.0 Å². The summed E-state index contributed by atoms with van der Waals surface area (Å²) in [6.45, 7) is 3.14. The van der Waals surface area contributed by atoms with E-state index in [-0.39, 0.29) is 30.0 Å². The smallest absolute Gasteiger partial charge is 0.236 e. The molecule has 0 saturated carbocycles. The van der Waals surface area contributed by atoms with Crippen LogP contribution in [0.3, 0.4) is 0 Å². The van der Waals surface area contributed by atoms with Gasteiger partial charge in [0.25, 0.3) is 0 Å². The molecule has 0 unspecified atom stereocenters. The average Bonchev–Trinajstić information content (AvgIpc) is 2.82. The predicted octanol–water partition coefficient (Wildman–Crippen LogP) is -0.366. The van der Waals surface area contributed by atoms with Crippen LogP contribution >= 0.6 is 0 Å². The van der Waals surface area contributed by atoms with Crippen LogP contribution in [0.1, 0.15) is 12.8 Å². The minimum absolute atomic E-state index is 0.0462. The maximum Gasteiger partial charge on any atom is 0.236 e. The van der Waals surface area contributed by atoms with E-state index in [2.05, 4.69) is 14.9 Å². The van der Waals surface area contributed by atoms with E-state index in [1.807, 2.05) is 16.8 Å². The van der Waals surface area contributed by atoms with Crippen molar-refractivity contribution in [3.05, 3.63) is 18.5 Å². The van der Waals surface area contributed by atoms with Crippen LogP contribution < -0.4 is 4.90 Å². The van der Waals surface area contributed by atoms with E-state index in [0.717, 1.165) is 13.0 Å². The molecule has 2 aliphatic rings. The van der Waals surface area contributed by atoms with Gasteiger partial charge in [-0.2, -0.15) is 0 Å². The molecule has 1 atom stereocenters. The van der Waals surface area contributed by atoms with Crippen LogP contribution in [0.25, 0.3) is 0 Å². The number of hydrogen-bond acceptors (Lipinski definition) is 7. The van der Waals surface area contributed by atoms with Gasteiger partial charge < -0.3 is 9.80 Å². The molecule has 2 saturated heterocycles. The van der Waals surface area contributed by atoms with Gasteiger partial charge in [0.15, 0.2) is 9.84 Å². The van der Waals surface area contributed by atoms with Crippen LogP contribution in [-0.2, 0) is 14.6 Å². The molecule has 138 valence electrons. The zero-order valence-corrected chi connectivity index (χ0v) is 15.4. The third kappa shape index (κ3) is 4.66. The molecule has 9 heteroatoms. The number of hydrogen-bond donors (Lipinski definition) is 0. The zero-order valence-electron chi connectivity index (χ0n) is 14.5. The zero-order chi connectivity index (χ0) is 17.9. The topological polar surface area (TPSA) is 86.7 Å². The second kappa shape index (κ2) is 7.65.